The van der Waals surface area contributed by atoms with Gasteiger partial charge in [0.05, 0.1) is 10.2 Å². The summed E-state index contributed by atoms with van der Waals surface area (Å²) in [5.74, 6) is 0. The van der Waals surface area contributed by atoms with Crippen LogP contribution in [0.3, 0.4) is 0 Å². The van der Waals surface area contributed by atoms with Gasteiger partial charge in [-0.1, -0.05) is 32.4 Å². The van der Waals surface area contributed by atoms with Crippen LogP contribution >= 0.6 is 27.5 Å². The molecule has 0 bridgehead atoms. The van der Waals surface area contributed by atoms with Crippen LogP contribution in [-0.4, -0.2) is 10.2 Å². The molecule has 2 nitrogen and oxygen atoms in total. The Kier molecular flexibility index (Phi) is 2.74. The van der Waals surface area contributed by atoms with Gasteiger partial charge >= 0.3 is 0 Å². The van der Waals surface area contributed by atoms with Gasteiger partial charge in [-0.15, -0.1) is 5.10 Å². The van der Waals surface area contributed by atoms with Crippen LogP contribution in [0.2, 0.25) is 5.15 Å². The summed E-state index contributed by atoms with van der Waals surface area (Å²) in [4.78, 5) is 0. The fraction of sp³-hybridized carbons (Fsp3) is 0.500. The summed E-state index contributed by atoms with van der Waals surface area (Å²) in [6.07, 6.45) is 0. The molecule has 0 atom stereocenters. The highest BCUT2D eigenvalue weighted by Crippen LogP contribution is 2.25. The van der Waals surface area contributed by atoms with Crippen LogP contribution in [0, 0.1) is 0 Å². The molecule has 0 spiro atoms. The topological polar surface area (TPSA) is 25.8 Å². The third kappa shape index (κ3) is 2.17. The zero-order chi connectivity index (χ0) is 9.35. The molecule has 0 N–H and O–H groups in total. The van der Waals surface area contributed by atoms with Crippen molar-refractivity contribution in [2.75, 3.05) is 0 Å². The van der Waals surface area contributed by atoms with Gasteiger partial charge in [-0.2, -0.15) is 5.10 Å². The second kappa shape index (κ2) is 3.30. The minimum absolute atomic E-state index is 0.0140. The number of rotatable bonds is 0. The summed E-state index contributed by atoms with van der Waals surface area (Å²) in [5.41, 5.74) is 0.943. The average molecular weight is 250 g/mol. The molecule has 12 heavy (non-hydrogen) atoms. The van der Waals surface area contributed by atoms with Gasteiger partial charge in [0.2, 0.25) is 0 Å². The van der Waals surface area contributed by atoms with Crippen LogP contribution in [0.25, 0.3) is 0 Å². The van der Waals surface area contributed by atoms with Crippen LogP contribution < -0.4 is 0 Å². The van der Waals surface area contributed by atoms with Gasteiger partial charge in [-0.25, -0.2) is 0 Å². The Balaban J connectivity index is 3.14. The lowest BCUT2D eigenvalue weighted by Crippen LogP contribution is -2.14. The van der Waals surface area contributed by atoms with Gasteiger partial charge in [0.25, 0.3) is 0 Å². The molecule has 1 aromatic rings. The van der Waals surface area contributed by atoms with Crippen LogP contribution in [0.15, 0.2) is 10.5 Å². The average Bonchev–Trinajstić information content (AvgIpc) is 1.92. The second-order valence-corrected chi connectivity index (χ2v) is 4.83. The van der Waals surface area contributed by atoms with E-state index in [4.69, 9.17) is 11.6 Å². The molecule has 0 aliphatic heterocycles. The molecule has 0 saturated heterocycles. The normalized spacial score (nSPS) is 11.8. The molecule has 4 heteroatoms. The first-order valence-corrected chi connectivity index (χ1v) is 4.77. The Bertz CT molecular complexity index is 294. The third-order valence-electron chi connectivity index (χ3n) is 1.47. The Morgan fingerprint density at radius 1 is 1.33 bits per heavy atom. The van der Waals surface area contributed by atoms with E-state index in [1.54, 1.807) is 0 Å². The molecule has 1 heterocycles. The summed E-state index contributed by atoms with van der Waals surface area (Å²) in [6.45, 7) is 6.24. The van der Waals surface area contributed by atoms with E-state index in [2.05, 4.69) is 46.9 Å². The first-order valence-electron chi connectivity index (χ1n) is 3.60. The Morgan fingerprint density at radius 2 is 1.92 bits per heavy atom. The van der Waals surface area contributed by atoms with Crippen molar-refractivity contribution < 1.29 is 0 Å². The predicted molar refractivity (Wildman–Crippen MR) is 53.4 cm³/mol. The molecule has 0 radical (unpaired) electrons. The summed E-state index contributed by atoms with van der Waals surface area (Å²) < 4.78 is 0.795. The maximum atomic E-state index is 5.71. The van der Waals surface area contributed by atoms with E-state index >= 15 is 0 Å². The minimum atomic E-state index is 0.0140. The summed E-state index contributed by atoms with van der Waals surface area (Å²) in [7, 11) is 0. The predicted octanol–water partition coefficient (Wildman–Crippen LogP) is 3.19. The van der Waals surface area contributed by atoms with E-state index in [-0.39, 0.29) is 5.41 Å². The quantitative estimate of drug-likeness (QED) is 0.706. The minimum Gasteiger partial charge on any atom is -0.154 e. The van der Waals surface area contributed by atoms with E-state index in [1.807, 2.05) is 6.07 Å². The summed E-state index contributed by atoms with van der Waals surface area (Å²) in [5, 5.41) is 8.22. The maximum absolute atomic E-state index is 5.71. The van der Waals surface area contributed by atoms with E-state index in [9.17, 15) is 0 Å². The lowest BCUT2D eigenvalue weighted by molar-refractivity contribution is 0.558. The van der Waals surface area contributed by atoms with Crippen molar-refractivity contribution >= 4 is 27.5 Å². The highest BCUT2D eigenvalue weighted by Gasteiger charge is 2.16. The van der Waals surface area contributed by atoms with Crippen molar-refractivity contribution in [1.29, 1.82) is 0 Å². The second-order valence-electron chi connectivity index (χ2n) is 3.62. The monoisotopic (exact) mass is 248 g/mol. The van der Waals surface area contributed by atoms with Gasteiger partial charge in [-0.05, 0) is 22.0 Å². The highest BCUT2D eigenvalue weighted by atomic mass is 79.9. The molecule has 0 amide bonds. The van der Waals surface area contributed by atoms with Crippen LogP contribution in [0.5, 0.6) is 0 Å². The smallest absolute Gasteiger partial charge is 0.154 e. The Morgan fingerprint density at radius 3 is 2.33 bits per heavy atom. The van der Waals surface area contributed by atoms with Crippen molar-refractivity contribution in [1.82, 2.24) is 10.2 Å². The van der Waals surface area contributed by atoms with Crippen molar-refractivity contribution in [2.45, 2.75) is 26.2 Å². The zero-order valence-electron chi connectivity index (χ0n) is 7.23. The number of hydrogen-bond donors (Lipinski definition) is 0. The standard InChI is InChI=1S/C8H10BrClN2/c1-8(2,3)6-4-5(9)7(10)12-11-6/h4H,1-3H3. The van der Waals surface area contributed by atoms with E-state index in [1.165, 1.54) is 0 Å². The lowest BCUT2D eigenvalue weighted by atomic mass is 9.92. The number of hydrogen-bond acceptors (Lipinski definition) is 2. The van der Waals surface area contributed by atoms with Crippen LogP contribution in [0.1, 0.15) is 26.5 Å². The third-order valence-corrected chi connectivity index (χ3v) is 2.59. The van der Waals surface area contributed by atoms with Crippen molar-refractivity contribution in [3.8, 4) is 0 Å². The molecule has 0 aromatic carbocycles. The van der Waals surface area contributed by atoms with Gasteiger partial charge in [0.1, 0.15) is 0 Å². The van der Waals surface area contributed by atoms with Gasteiger partial charge < -0.3 is 0 Å². The van der Waals surface area contributed by atoms with Crippen molar-refractivity contribution in [2.24, 2.45) is 0 Å². The van der Waals surface area contributed by atoms with E-state index in [0.717, 1.165) is 10.2 Å². The number of aromatic nitrogens is 2. The van der Waals surface area contributed by atoms with Crippen molar-refractivity contribution in [3.63, 3.8) is 0 Å². The molecular formula is C8H10BrClN2. The fourth-order valence-corrected chi connectivity index (χ4v) is 1.11. The Labute approximate surface area is 85.5 Å². The number of nitrogens with zero attached hydrogens (tertiary/aromatic N) is 2. The van der Waals surface area contributed by atoms with E-state index < -0.39 is 0 Å². The van der Waals surface area contributed by atoms with Gasteiger partial charge in [0.15, 0.2) is 5.15 Å². The molecular weight excluding hydrogens is 239 g/mol. The molecule has 0 aliphatic rings. The molecule has 0 fully saturated rings. The Hall–Kier alpha value is -0.150. The van der Waals surface area contributed by atoms with Crippen LogP contribution in [-0.2, 0) is 5.41 Å². The highest BCUT2D eigenvalue weighted by molar-refractivity contribution is 9.10. The van der Waals surface area contributed by atoms with Crippen LogP contribution in [0.4, 0.5) is 0 Å². The summed E-state index contributed by atoms with van der Waals surface area (Å²) >= 11 is 9.01. The lowest BCUT2D eigenvalue weighted by Gasteiger charge is -2.16. The first kappa shape index (κ1) is 9.93. The SMILES string of the molecule is CC(C)(C)c1cc(Br)c(Cl)nn1. The van der Waals surface area contributed by atoms with E-state index in [0.29, 0.717) is 5.15 Å². The van der Waals surface area contributed by atoms with Gasteiger partial charge in [-0.3, -0.25) is 0 Å². The summed E-state index contributed by atoms with van der Waals surface area (Å²) in [6, 6.07) is 1.90. The largest absolute Gasteiger partial charge is 0.165 e. The molecule has 0 unspecified atom stereocenters. The molecule has 0 saturated carbocycles. The first-order chi connectivity index (χ1) is 5.41. The number of halogens is 2. The molecule has 66 valence electrons. The zero-order valence-corrected chi connectivity index (χ0v) is 9.57. The van der Waals surface area contributed by atoms with Gasteiger partial charge in [0, 0.05) is 5.41 Å². The molecule has 0 aliphatic carbocycles. The fourth-order valence-electron chi connectivity index (χ4n) is 0.720. The molecule has 1 aromatic heterocycles. The van der Waals surface area contributed by atoms with Crippen molar-refractivity contribution in [3.05, 3.63) is 21.4 Å². The molecule has 1 rings (SSSR count). The maximum Gasteiger partial charge on any atom is 0.165 e.